The van der Waals surface area contributed by atoms with Crippen LogP contribution in [0.1, 0.15) is 44.1 Å². The predicted molar refractivity (Wildman–Crippen MR) is 105 cm³/mol. The molecule has 0 atom stereocenters. The van der Waals surface area contributed by atoms with E-state index in [0.29, 0.717) is 29.1 Å². The van der Waals surface area contributed by atoms with Crippen molar-refractivity contribution in [2.24, 2.45) is 10.7 Å². The van der Waals surface area contributed by atoms with Gasteiger partial charge in [-0.05, 0) is 18.9 Å². The van der Waals surface area contributed by atoms with Crippen molar-refractivity contribution in [2.75, 3.05) is 6.79 Å². The normalized spacial score (nSPS) is 17.6. The molecule has 1 fully saturated rings. The van der Waals surface area contributed by atoms with E-state index in [9.17, 15) is 8.78 Å². The van der Waals surface area contributed by atoms with Gasteiger partial charge in [-0.15, -0.1) is 24.0 Å². The molecule has 0 radical (unpaired) electrons. The Bertz CT molecular complexity index is 624. The van der Waals surface area contributed by atoms with Crippen LogP contribution in [0.4, 0.5) is 8.78 Å². The molecule has 3 N–H and O–H groups in total. The summed E-state index contributed by atoms with van der Waals surface area (Å²) in [6, 6.07) is 3.32. The van der Waals surface area contributed by atoms with Gasteiger partial charge in [0.05, 0.1) is 6.54 Å². The van der Waals surface area contributed by atoms with Gasteiger partial charge in [0.1, 0.15) is 5.75 Å². The van der Waals surface area contributed by atoms with Crippen LogP contribution in [0.2, 0.25) is 0 Å². The number of rotatable bonds is 5. The molecule has 1 aromatic rings. The number of ether oxygens (including phenoxy) is 3. The highest BCUT2D eigenvalue weighted by Gasteiger charge is 2.20. The van der Waals surface area contributed by atoms with Gasteiger partial charge in [0.25, 0.3) is 0 Å². The van der Waals surface area contributed by atoms with Gasteiger partial charge < -0.3 is 25.3 Å². The summed E-state index contributed by atoms with van der Waals surface area (Å²) in [5.74, 6) is 1.20. The van der Waals surface area contributed by atoms with Crippen LogP contribution in [-0.2, 0) is 6.54 Å². The highest BCUT2D eigenvalue weighted by molar-refractivity contribution is 14.0. The number of nitrogens with two attached hydrogens (primary N) is 1. The molecule has 0 amide bonds. The summed E-state index contributed by atoms with van der Waals surface area (Å²) in [7, 11) is 0. The fourth-order valence-electron chi connectivity index (χ4n) is 3.14. The molecule has 3 rings (SSSR count). The molecule has 0 bridgehead atoms. The summed E-state index contributed by atoms with van der Waals surface area (Å²) < 4.78 is 40.3. The van der Waals surface area contributed by atoms with Crippen molar-refractivity contribution in [2.45, 2.75) is 57.7 Å². The molecule has 146 valence electrons. The van der Waals surface area contributed by atoms with Crippen molar-refractivity contribution in [3.63, 3.8) is 0 Å². The third-order valence-electron chi connectivity index (χ3n) is 4.40. The highest BCUT2D eigenvalue weighted by Crippen LogP contribution is 2.39. The minimum absolute atomic E-state index is 0. The number of hydrogen-bond acceptors (Lipinski definition) is 4. The van der Waals surface area contributed by atoms with E-state index in [4.69, 9.17) is 15.2 Å². The van der Waals surface area contributed by atoms with E-state index in [2.05, 4.69) is 15.0 Å². The molecule has 1 aliphatic heterocycles. The Hall–Kier alpha value is -1.52. The van der Waals surface area contributed by atoms with Crippen molar-refractivity contribution in [3.8, 4) is 17.2 Å². The van der Waals surface area contributed by atoms with Gasteiger partial charge in [0.15, 0.2) is 17.5 Å². The summed E-state index contributed by atoms with van der Waals surface area (Å²) in [6.45, 7) is -2.75. The summed E-state index contributed by atoms with van der Waals surface area (Å²) in [6.07, 6.45) is 7.00. The van der Waals surface area contributed by atoms with Crippen LogP contribution < -0.4 is 25.3 Å². The molecule has 26 heavy (non-hydrogen) atoms. The average molecular weight is 483 g/mol. The van der Waals surface area contributed by atoms with Crippen LogP contribution in [-0.4, -0.2) is 25.4 Å². The van der Waals surface area contributed by atoms with Crippen LogP contribution >= 0.6 is 24.0 Å². The Kier molecular flexibility index (Phi) is 7.98. The number of aliphatic imine (C=N–C) groups is 1. The maximum absolute atomic E-state index is 12.6. The largest absolute Gasteiger partial charge is 0.454 e. The summed E-state index contributed by atoms with van der Waals surface area (Å²) in [5.41, 5.74) is 6.43. The maximum atomic E-state index is 12.6. The second-order valence-corrected chi connectivity index (χ2v) is 6.23. The van der Waals surface area contributed by atoms with Crippen LogP contribution in [0.5, 0.6) is 17.2 Å². The molecule has 9 heteroatoms. The van der Waals surface area contributed by atoms with Crippen LogP contribution in [0, 0.1) is 0 Å². The van der Waals surface area contributed by atoms with Crippen molar-refractivity contribution in [1.29, 1.82) is 0 Å². The summed E-state index contributed by atoms with van der Waals surface area (Å²) in [5, 5.41) is 3.22. The third kappa shape index (κ3) is 5.75. The summed E-state index contributed by atoms with van der Waals surface area (Å²) in [4.78, 5) is 4.27. The van der Waals surface area contributed by atoms with E-state index in [0.717, 1.165) is 12.8 Å². The zero-order valence-electron chi connectivity index (χ0n) is 14.4. The smallest absolute Gasteiger partial charge is 0.387 e. The molecular formula is C17H24F2IN3O3. The van der Waals surface area contributed by atoms with Crippen LogP contribution in [0.15, 0.2) is 17.1 Å². The number of hydrogen-bond donors (Lipinski definition) is 2. The molecule has 6 nitrogen and oxygen atoms in total. The van der Waals surface area contributed by atoms with E-state index in [1.165, 1.54) is 31.7 Å². The number of nitrogens with one attached hydrogen (secondary N) is 1. The molecule has 1 aromatic carbocycles. The quantitative estimate of drug-likeness (QED) is 0.289. The molecule has 2 aliphatic rings. The lowest BCUT2D eigenvalue weighted by Crippen LogP contribution is -2.39. The van der Waals surface area contributed by atoms with Gasteiger partial charge >= 0.3 is 6.61 Å². The molecular weight excluding hydrogens is 459 g/mol. The molecule has 0 spiro atoms. The van der Waals surface area contributed by atoms with Crippen molar-refractivity contribution in [3.05, 3.63) is 17.7 Å². The monoisotopic (exact) mass is 483 g/mol. The first-order chi connectivity index (χ1) is 12.1. The first-order valence-electron chi connectivity index (χ1n) is 8.55. The summed E-state index contributed by atoms with van der Waals surface area (Å²) >= 11 is 0. The topological polar surface area (TPSA) is 78.1 Å². The Morgan fingerprint density at radius 3 is 2.50 bits per heavy atom. The molecule has 0 saturated heterocycles. The zero-order chi connectivity index (χ0) is 17.6. The standard InChI is InChI=1S/C17H23F2N3O3.HI/c18-16(19)25-13-8-15-14(23-10-24-15)7-11(13)9-21-17(20)22-12-5-3-1-2-4-6-12;/h7-8,12,16H,1-6,9-10H2,(H3,20,21,22);1H. The van der Waals surface area contributed by atoms with Crippen LogP contribution in [0.25, 0.3) is 0 Å². The second kappa shape index (κ2) is 9.98. The van der Waals surface area contributed by atoms with Crippen molar-refractivity contribution in [1.82, 2.24) is 5.32 Å². The zero-order valence-corrected chi connectivity index (χ0v) is 16.7. The first-order valence-corrected chi connectivity index (χ1v) is 8.55. The van der Waals surface area contributed by atoms with Gasteiger partial charge in [-0.25, -0.2) is 4.99 Å². The minimum atomic E-state index is -2.93. The number of halogens is 3. The number of fused-ring (bicyclic) bond motifs is 1. The Balaban J connectivity index is 0.00000243. The molecule has 0 aromatic heterocycles. The van der Waals surface area contributed by atoms with Crippen LogP contribution in [0.3, 0.4) is 0 Å². The van der Waals surface area contributed by atoms with Gasteiger partial charge in [-0.3, -0.25) is 0 Å². The predicted octanol–water partition coefficient (Wildman–Crippen LogP) is 3.76. The van der Waals surface area contributed by atoms with Crippen molar-refractivity contribution >= 4 is 29.9 Å². The molecule has 1 heterocycles. The number of benzene rings is 1. The Labute approximate surface area is 168 Å². The lowest BCUT2D eigenvalue weighted by atomic mass is 10.1. The lowest BCUT2D eigenvalue weighted by molar-refractivity contribution is -0.0505. The highest BCUT2D eigenvalue weighted by atomic mass is 127. The number of nitrogens with zero attached hydrogens (tertiary/aromatic N) is 1. The van der Waals surface area contributed by atoms with E-state index in [1.807, 2.05) is 0 Å². The van der Waals surface area contributed by atoms with Gasteiger partial charge in [-0.1, -0.05) is 25.7 Å². The second-order valence-electron chi connectivity index (χ2n) is 6.23. The van der Waals surface area contributed by atoms with Gasteiger partial charge in [-0.2, -0.15) is 8.78 Å². The van der Waals surface area contributed by atoms with E-state index in [1.54, 1.807) is 6.07 Å². The average Bonchev–Trinajstić information content (AvgIpc) is 2.86. The number of guanidine groups is 1. The van der Waals surface area contributed by atoms with E-state index >= 15 is 0 Å². The van der Waals surface area contributed by atoms with E-state index in [-0.39, 0.29) is 43.1 Å². The Morgan fingerprint density at radius 2 is 1.85 bits per heavy atom. The molecule has 1 aliphatic carbocycles. The Morgan fingerprint density at radius 1 is 1.19 bits per heavy atom. The lowest BCUT2D eigenvalue weighted by Gasteiger charge is -2.17. The first kappa shape index (κ1) is 20.8. The van der Waals surface area contributed by atoms with Gasteiger partial charge in [0.2, 0.25) is 6.79 Å². The molecule has 0 unspecified atom stereocenters. The molecule has 1 saturated carbocycles. The maximum Gasteiger partial charge on any atom is 0.387 e. The van der Waals surface area contributed by atoms with Crippen molar-refractivity contribution < 1.29 is 23.0 Å². The SMILES string of the molecule is I.NC(=NCc1cc2c(cc1OC(F)F)OCO2)NC1CCCCCC1. The van der Waals surface area contributed by atoms with Gasteiger partial charge in [0, 0.05) is 17.7 Å². The third-order valence-corrected chi connectivity index (χ3v) is 4.40. The fraction of sp³-hybridized carbons (Fsp3) is 0.588. The number of alkyl halides is 2. The van der Waals surface area contributed by atoms with E-state index < -0.39 is 6.61 Å². The minimum Gasteiger partial charge on any atom is -0.454 e. The fourth-order valence-corrected chi connectivity index (χ4v) is 3.14.